The first-order chi connectivity index (χ1) is 11.6. The number of aromatic nitrogens is 1. The van der Waals surface area contributed by atoms with Gasteiger partial charge in [0.25, 0.3) is 5.91 Å². The van der Waals surface area contributed by atoms with E-state index in [1.807, 2.05) is 6.07 Å². The molecule has 1 aromatic carbocycles. The maximum Gasteiger partial charge on any atom is 0.253 e. The van der Waals surface area contributed by atoms with Crippen molar-refractivity contribution in [2.75, 3.05) is 18.4 Å². The van der Waals surface area contributed by atoms with Crippen LogP contribution < -0.4 is 5.32 Å². The first kappa shape index (κ1) is 16.5. The molecule has 0 aliphatic carbocycles. The van der Waals surface area contributed by atoms with Gasteiger partial charge in [0.2, 0.25) is 5.91 Å². The van der Waals surface area contributed by atoms with Crippen LogP contribution in [-0.2, 0) is 4.79 Å². The zero-order valence-electron chi connectivity index (χ0n) is 13.1. The Bertz CT molecular complexity index is 728. The number of pyridine rings is 1. The molecule has 2 amide bonds. The van der Waals surface area contributed by atoms with Crippen LogP contribution >= 0.6 is 11.6 Å². The van der Waals surface area contributed by atoms with Crippen molar-refractivity contribution in [3.8, 4) is 0 Å². The fourth-order valence-electron chi connectivity index (χ4n) is 2.81. The summed E-state index contributed by atoms with van der Waals surface area (Å²) < 4.78 is 0. The highest BCUT2D eigenvalue weighted by molar-refractivity contribution is 6.30. The minimum absolute atomic E-state index is 0.0384. The van der Waals surface area contributed by atoms with Crippen LogP contribution in [-0.4, -0.2) is 34.8 Å². The van der Waals surface area contributed by atoms with E-state index in [2.05, 4.69) is 10.3 Å². The van der Waals surface area contributed by atoms with E-state index in [0.717, 1.165) is 0 Å². The maximum atomic E-state index is 12.5. The normalized spacial score (nSPS) is 15.1. The van der Waals surface area contributed by atoms with Gasteiger partial charge in [-0.25, -0.2) is 4.98 Å². The predicted octanol–water partition coefficient (Wildman–Crippen LogP) is 3.23. The summed E-state index contributed by atoms with van der Waals surface area (Å²) in [6.07, 6.45) is 2.93. The second-order valence-corrected chi connectivity index (χ2v) is 6.22. The van der Waals surface area contributed by atoms with Gasteiger partial charge >= 0.3 is 0 Å². The molecule has 2 heterocycles. The molecular weight excluding hydrogens is 326 g/mol. The van der Waals surface area contributed by atoms with E-state index < -0.39 is 0 Å². The second kappa shape index (κ2) is 7.45. The van der Waals surface area contributed by atoms with Gasteiger partial charge in [0.1, 0.15) is 5.82 Å². The Labute approximate surface area is 145 Å². The molecule has 0 spiro atoms. The summed E-state index contributed by atoms with van der Waals surface area (Å²) in [7, 11) is 0. The molecule has 1 aliphatic rings. The van der Waals surface area contributed by atoms with E-state index in [9.17, 15) is 9.59 Å². The number of nitrogens with one attached hydrogen (secondary N) is 1. The lowest BCUT2D eigenvalue weighted by Crippen LogP contribution is -2.41. The molecule has 1 fully saturated rings. The van der Waals surface area contributed by atoms with E-state index >= 15 is 0 Å². The number of likely N-dealkylation sites (tertiary alicyclic amines) is 1. The number of benzene rings is 1. The fraction of sp³-hybridized carbons (Fsp3) is 0.278. The van der Waals surface area contributed by atoms with Gasteiger partial charge in [0, 0.05) is 35.8 Å². The lowest BCUT2D eigenvalue weighted by Gasteiger charge is -2.31. The van der Waals surface area contributed by atoms with Crippen molar-refractivity contribution >= 4 is 29.2 Å². The molecule has 1 saturated heterocycles. The monoisotopic (exact) mass is 343 g/mol. The number of hydrogen-bond acceptors (Lipinski definition) is 3. The van der Waals surface area contributed by atoms with Crippen LogP contribution in [0.3, 0.4) is 0 Å². The number of carbonyl (C=O) groups excluding carboxylic acids is 2. The summed E-state index contributed by atoms with van der Waals surface area (Å²) >= 11 is 5.94. The zero-order chi connectivity index (χ0) is 16.9. The van der Waals surface area contributed by atoms with Crippen LogP contribution in [0.25, 0.3) is 0 Å². The van der Waals surface area contributed by atoms with Crippen molar-refractivity contribution in [3.05, 3.63) is 59.2 Å². The average Bonchev–Trinajstić information content (AvgIpc) is 2.62. The van der Waals surface area contributed by atoms with Gasteiger partial charge in [-0.1, -0.05) is 23.7 Å². The summed E-state index contributed by atoms with van der Waals surface area (Å²) in [6, 6.07) is 12.3. The summed E-state index contributed by atoms with van der Waals surface area (Å²) in [5.41, 5.74) is 0.582. The second-order valence-electron chi connectivity index (χ2n) is 5.78. The highest BCUT2D eigenvalue weighted by Crippen LogP contribution is 2.21. The fourth-order valence-corrected chi connectivity index (χ4v) is 3.00. The number of rotatable bonds is 3. The third-order valence-electron chi connectivity index (χ3n) is 4.14. The molecule has 124 valence electrons. The Hall–Kier alpha value is -2.40. The topological polar surface area (TPSA) is 62.3 Å². The van der Waals surface area contributed by atoms with Gasteiger partial charge in [0.05, 0.1) is 0 Å². The van der Waals surface area contributed by atoms with Gasteiger partial charge in [0.15, 0.2) is 0 Å². The summed E-state index contributed by atoms with van der Waals surface area (Å²) in [6.45, 7) is 1.12. The highest BCUT2D eigenvalue weighted by atomic mass is 35.5. The minimum Gasteiger partial charge on any atom is -0.339 e. The molecule has 1 N–H and O–H groups in total. The van der Waals surface area contributed by atoms with Gasteiger partial charge in [-0.2, -0.15) is 0 Å². The van der Waals surface area contributed by atoms with Gasteiger partial charge in [-0.15, -0.1) is 0 Å². The van der Waals surface area contributed by atoms with Crippen molar-refractivity contribution < 1.29 is 9.59 Å². The quantitative estimate of drug-likeness (QED) is 0.930. The molecule has 3 rings (SSSR count). The molecule has 6 heteroatoms. The van der Waals surface area contributed by atoms with E-state index in [1.165, 1.54) is 0 Å². The number of hydrogen-bond donors (Lipinski definition) is 1. The summed E-state index contributed by atoms with van der Waals surface area (Å²) in [4.78, 5) is 30.6. The van der Waals surface area contributed by atoms with Crippen LogP contribution in [0.4, 0.5) is 5.82 Å². The Morgan fingerprint density at radius 3 is 2.58 bits per heavy atom. The smallest absolute Gasteiger partial charge is 0.253 e. The number of halogens is 1. The maximum absolute atomic E-state index is 12.5. The molecule has 2 aromatic rings. The molecule has 1 aliphatic heterocycles. The minimum atomic E-state index is -0.101. The number of amides is 2. The standard InChI is InChI=1S/C18H18ClN3O2/c19-15-5-3-4-14(12-15)18(24)22-10-7-13(8-11-22)17(23)21-16-6-1-2-9-20-16/h1-6,9,12-13H,7-8,10-11H2,(H,20,21,23). The molecule has 24 heavy (non-hydrogen) atoms. The highest BCUT2D eigenvalue weighted by Gasteiger charge is 2.28. The molecule has 0 bridgehead atoms. The van der Waals surface area contributed by atoms with Crippen molar-refractivity contribution in [1.82, 2.24) is 9.88 Å². The van der Waals surface area contributed by atoms with Gasteiger partial charge in [-0.05, 0) is 43.2 Å². The lowest BCUT2D eigenvalue weighted by atomic mass is 9.95. The molecule has 0 radical (unpaired) electrons. The van der Waals surface area contributed by atoms with Gasteiger partial charge < -0.3 is 10.2 Å². The van der Waals surface area contributed by atoms with E-state index in [4.69, 9.17) is 11.6 Å². The third kappa shape index (κ3) is 3.92. The van der Waals surface area contributed by atoms with Crippen LogP contribution in [0.5, 0.6) is 0 Å². The molecule has 0 unspecified atom stereocenters. The largest absolute Gasteiger partial charge is 0.339 e. The van der Waals surface area contributed by atoms with Crippen molar-refractivity contribution in [1.29, 1.82) is 0 Å². The zero-order valence-corrected chi connectivity index (χ0v) is 13.9. The summed E-state index contributed by atoms with van der Waals surface area (Å²) in [5, 5.41) is 3.37. The van der Waals surface area contributed by atoms with Crippen molar-refractivity contribution in [2.45, 2.75) is 12.8 Å². The Morgan fingerprint density at radius 2 is 1.92 bits per heavy atom. The molecule has 0 saturated carbocycles. The lowest BCUT2D eigenvalue weighted by molar-refractivity contribution is -0.121. The van der Waals surface area contributed by atoms with E-state index in [1.54, 1.807) is 47.5 Å². The predicted molar refractivity (Wildman–Crippen MR) is 92.9 cm³/mol. The summed E-state index contributed by atoms with van der Waals surface area (Å²) in [5.74, 6) is 0.375. The van der Waals surface area contributed by atoms with E-state index in [0.29, 0.717) is 42.3 Å². The van der Waals surface area contributed by atoms with Crippen LogP contribution in [0.2, 0.25) is 5.02 Å². The van der Waals surface area contributed by atoms with Crippen LogP contribution in [0.1, 0.15) is 23.2 Å². The van der Waals surface area contributed by atoms with Gasteiger partial charge in [-0.3, -0.25) is 9.59 Å². The first-order valence-corrected chi connectivity index (χ1v) is 8.28. The number of carbonyl (C=O) groups is 2. The molecule has 5 nitrogen and oxygen atoms in total. The van der Waals surface area contributed by atoms with Crippen LogP contribution in [0, 0.1) is 5.92 Å². The SMILES string of the molecule is O=C(Nc1ccccn1)C1CCN(C(=O)c2cccc(Cl)c2)CC1. The average molecular weight is 344 g/mol. The number of nitrogens with zero attached hydrogens (tertiary/aromatic N) is 2. The first-order valence-electron chi connectivity index (χ1n) is 7.90. The van der Waals surface area contributed by atoms with E-state index in [-0.39, 0.29) is 17.7 Å². The number of anilines is 1. The Balaban J connectivity index is 1.55. The van der Waals surface area contributed by atoms with Crippen LogP contribution in [0.15, 0.2) is 48.7 Å². The van der Waals surface area contributed by atoms with Crippen molar-refractivity contribution in [2.24, 2.45) is 5.92 Å². The third-order valence-corrected chi connectivity index (χ3v) is 4.38. The Kier molecular flexibility index (Phi) is 5.11. The van der Waals surface area contributed by atoms with Crippen molar-refractivity contribution in [3.63, 3.8) is 0 Å². The Morgan fingerprint density at radius 1 is 1.12 bits per heavy atom. The molecule has 0 atom stereocenters. The number of piperidine rings is 1. The molecule has 1 aromatic heterocycles. The molecular formula is C18H18ClN3O2.